The van der Waals surface area contributed by atoms with E-state index in [1.807, 2.05) is 208 Å². The summed E-state index contributed by atoms with van der Waals surface area (Å²) in [4.78, 5) is 111. The van der Waals surface area contributed by atoms with Crippen LogP contribution in [0.1, 0.15) is 94.2 Å². The molecule has 34 heteroatoms. The number of nitrogens with zero attached hydrogens (tertiary/aromatic N) is 21. The van der Waals surface area contributed by atoms with Crippen molar-refractivity contribution in [2.75, 3.05) is 167 Å². The van der Waals surface area contributed by atoms with Gasteiger partial charge in [0.15, 0.2) is 23.0 Å². The zero-order chi connectivity index (χ0) is 104. The molecule has 1 atom stereocenters. The monoisotopic (exact) mass is 2000 g/mol. The summed E-state index contributed by atoms with van der Waals surface area (Å²) in [6, 6.07) is 50.6. The lowest BCUT2D eigenvalue weighted by Crippen LogP contribution is -2.49. The van der Waals surface area contributed by atoms with E-state index in [4.69, 9.17) is 38.9 Å². The number of aliphatic hydroxyl groups excluding tert-OH is 1. The minimum Gasteiger partial charge on any atom is -0.493 e. The number of ether oxygens (including phenoxy) is 4. The predicted molar refractivity (Wildman–Crippen MR) is 588 cm³/mol. The summed E-state index contributed by atoms with van der Waals surface area (Å²) in [6.45, 7) is 26.1. The van der Waals surface area contributed by atoms with E-state index in [0.29, 0.717) is 104 Å². The number of methoxy groups -OCH3 is 4. The topological polar surface area (TPSA) is 333 Å². The van der Waals surface area contributed by atoms with Gasteiger partial charge < -0.3 is 73.8 Å². The Labute approximate surface area is 858 Å². The van der Waals surface area contributed by atoms with Crippen LogP contribution in [0.25, 0.3) is 112 Å². The van der Waals surface area contributed by atoms with Gasteiger partial charge in [-0.25, -0.2) is 34.9 Å². The lowest BCUT2D eigenvalue weighted by atomic mass is 10.0. The van der Waals surface area contributed by atoms with Crippen LogP contribution in [0.15, 0.2) is 250 Å². The summed E-state index contributed by atoms with van der Waals surface area (Å²) in [6.07, 6.45) is 28.5. The Morgan fingerprint density at radius 1 is 0.439 bits per heavy atom. The van der Waals surface area contributed by atoms with Crippen LogP contribution in [0.4, 0.5) is 22.9 Å². The highest BCUT2D eigenvalue weighted by molar-refractivity contribution is 5.84. The number of benzene rings is 3. The smallest absolute Gasteiger partial charge is 0.258 e. The first-order valence-electron chi connectivity index (χ1n) is 50.9. The van der Waals surface area contributed by atoms with Gasteiger partial charge in [-0.3, -0.25) is 50.7 Å². The maximum absolute atomic E-state index is 13.1. The molecule has 0 amide bonds. The molecule has 3 aromatic carbocycles. The molecule has 0 saturated carbocycles. The summed E-state index contributed by atoms with van der Waals surface area (Å²) in [7, 11) is 14.2. The molecular formula is C114H130N24O10. The van der Waals surface area contributed by atoms with E-state index >= 15 is 0 Å². The highest BCUT2D eigenvalue weighted by Gasteiger charge is 2.28. The van der Waals surface area contributed by atoms with E-state index in [-0.39, 0.29) is 34.4 Å². The quantitative estimate of drug-likeness (QED) is 0.0490. The van der Waals surface area contributed by atoms with Gasteiger partial charge in [0, 0.05) is 218 Å². The number of pyridine rings is 7. The number of piperazine rings is 1. The molecular weight excluding hydrogens is 1870 g/mol. The first-order chi connectivity index (χ1) is 71.8. The Hall–Kier alpha value is -15.6. The van der Waals surface area contributed by atoms with Crippen LogP contribution in [0, 0.1) is 13.8 Å². The van der Waals surface area contributed by atoms with Gasteiger partial charge in [0.1, 0.15) is 39.7 Å². The van der Waals surface area contributed by atoms with Crippen molar-refractivity contribution in [2.45, 2.75) is 105 Å². The maximum Gasteiger partial charge on any atom is 0.258 e. The van der Waals surface area contributed by atoms with Gasteiger partial charge in [0.25, 0.3) is 27.8 Å². The molecule has 3 saturated heterocycles. The molecule has 3 fully saturated rings. The third kappa shape index (κ3) is 22.8. The zero-order valence-electron chi connectivity index (χ0n) is 86.7. The minimum absolute atomic E-state index is 0.0632. The SMILES string of the molecule is CCN(CC)C1CCN(c2ccc3nc(-c4ccc5nc(C)cn5c4)cc(=O)n3c2)CC1.CCc1cc(N2CCN[C@H](C)C2)cn2c(=O)cc(-c3ccc(OC)c(OC)c3)nc12.CN(C)c1ccc(-c2cc(=O)n3cc(C4=CCNCC4)ccc3n2)cn1.COc1ccc(-c2cc(=O)n3cc(N4CCC(N(C)CCO)CC4)cc(C)c3n2)cc1OC.Cn1ncc2cc(-c3cc(=O)n4cc(C5=CCNCC5)ccc4n3)ccc21. The van der Waals surface area contributed by atoms with Gasteiger partial charge in [-0.2, -0.15) is 5.10 Å². The van der Waals surface area contributed by atoms with Crippen molar-refractivity contribution in [3.63, 3.8) is 0 Å². The summed E-state index contributed by atoms with van der Waals surface area (Å²) in [5.74, 6) is 3.34. The highest BCUT2D eigenvalue weighted by atomic mass is 16.5. The Morgan fingerprint density at radius 3 is 1.45 bits per heavy atom. The molecule has 0 bridgehead atoms. The molecule has 34 nitrogen and oxygen atoms in total. The number of fused-ring (bicyclic) bond motifs is 7. The molecule has 148 heavy (non-hydrogen) atoms. The number of hydrogen-bond donors (Lipinski definition) is 4. The number of piperidine rings is 2. The van der Waals surface area contributed by atoms with Crippen LogP contribution >= 0.6 is 0 Å². The Kier molecular flexibility index (Phi) is 31.8. The fourth-order valence-electron chi connectivity index (χ4n) is 20.3. The van der Waals surface area contributed by atoms with Crippen LogP contribution in [0.2, 0.25) is 0 Å². The lowest BCUT2D eigenvalue weighted by Gasteiger charge is -2.38. The molecule has 17 aromatic rings. The largest absolute Gasteiger partial charge is 0.493 e. The van der Waals surface area contributed by atoms with Crippen molar-refractivity contribution < 1.29 is 24.1 Å². The van der Waals surface area contributed by atoms with Crippen molar-refractivity contribution in [3.8, 4) is 79.3 Å². The first kappa shape index (κ1) is 102. The van der Waals surface area contributed by atoms with E-state index in [1.165, 1.54) is 11.1 Å². The van der Waals surface area contributed by atoms with E-state index < -0.39 is 0 Å². The second kappa shape index (κ2) is 46.0. The molecule has 19 heterocycles. The van der Waals surface area contributed by atoms with Crippen molar-refractivity contribution in [3.05, 3.63) is 305 Å². The average Bonchev–Trinajstić information content (AvgIpc) is 0.867. The van der Waals surface area contributed by atoms with Gasteiger partial charge in [-0.1, -0.05) is 39.0 Å². The normalized spacial score (nSPS) is 15.2. The second-order valence-electron chi connectivity index (χ2n) is 38.2. The lowest BCUT2D eigenvalue weighted by molar-refractivity contribution is 0.162. The van der Waals surface area contributed by atoms with E-state index in [9.17, 15) is 29.1 Å². The maximum atomic E-state index is 13.1. The van der Waals surface area contributed by atoms with Gasteiger partial charge >= 0.3 is 0 Å². The van der Waals surface area contributed by atoms with Crippen LogP contribution in [0.3, 0.4) is 0 Å². The van der Waals surface area contributed by atoms with Crippen LogP contribution in [0.5, 0.6) is 23.0 Å². The van der Waals surface area contributed by atoms with Crippen molar-refractivity contribution in [1.29, 1.82) is 0 Å². The van der Waals surface area contributed by atoms with E-state index in [1.54, 1.807) is 87.0 Å². The Bertz CT molecular complexity index is 8100. The number of nitrogens with one attached hydrogen (secondary N) is 3. The summed E-state index contributed by atoms with van der Waals surface area (Å²) in [5.41, 5.74) is 23.1. The van der Waals surface area contributed by atoms with Crippen molar-refractivity contribution >= 4 is 78.8 Å². The number of likely N-dealkylation sites (N-methyl/N-ethyl adjacent to an activating group) is 1. The number of aromatic nitrogens is 15. The number of rotatable bonds is 22. The molecule has 14 aromatic heterocycles. The third-order valence-electron chi connectivity index (χ3n) is 28.5. The molecule has 0 spiro atoms. The summed E-state index contributed by atoms with van der Waals surface area (Å²) in [5, 5.41) is 24.6. The summed E-state index contributed by atoms with van der Waals surface area (Å²) >= 11 is 0. The van der Waals surface area contributed by atoms with Crippen LogP contribution < -0.4 is 82.3 Å². The third-order valence-corrected chi connectivity index (χ3v) is 28.5. The van der Waals surface area contributed by atoms with Gasteiger partial charge in [0.2, 0.25) is 0 Å². The van der Waals surface area contributed by atoms with Crippen LogP contribution in [-0.4, -0.2) is 252 Å². The Balaban J connectivity index is 0.000000121. The highest BCUT2D eigenvalue weighted by Crippen LogP contribution is 2.37. The fraction of sp³-hybridized carbons (Fsp3) is 0.342. The van der Waals surface area contributed by atoms with Gasteiger partial charge in [-0.15, -0.1) is 0 Å². The molecule has 5 aliphatic heterocycles. The number of aliphatic hydroxyl groups is 1. The van der Waals surface area contributed by atoms with Crippen molar-refractivity contribution in [2.24, 2.45) is 7.05 Å². The van der Waals surface area contributed by atoms with Crippen molar-refractivity contribution in [1.82, 2.24) is 96.8 Å². The first-order valence-corrected chi connectivity index (χ1v) is 50.9. The molecule has 22 rings (SSSR count). The average molecular weight is 2000 g/mol. The molecule has 4 N–H and O–H groups in total. The summed E-state index contributed by atoms with van der Waals surface area (Å²) < 4.78 is 33.5. The Morgan fingerprint density at radius 2 is 0.919 bits per heavy atom. The number of imidazole rings is 1. The molecule has 766 valence electrons. The van der Waals surface area contributed by atoms with E-state index in [2.05, 4.69) is 126 Å². The fourth-order valence-corrected chi connectivity index (χ4v) is 20.3. The molecule has 0 aliphatic carbocycles. The predicted octanol–water partition coefficient (Wildman–Crippen LogP) is 13.8. The van der Waals surface area contributed by atoms with Gasteiger partial charge in [-0.05, 0) is 254 Å². The molecule has 0 unspecified atom stereocenters. The number of aryl methyl sites for hydroxylation is 4. The number of hydrogen-bond acceptors (Lipinski definition) is 27. The second-order valence-corrected chi connectivity index (χ2v) is 38.2. The van der Waals surface area contributed by atoms with Crippen LogP contribution in [-0.2, 0) is 13.5 Å². The minimum atomic E-state index is -0.118. The molecule has 0 radical (unpaired) electrons. The zero-order valence-corrected chi connectivity index (χ0v) is 86.7. The standard InChI is InChI=1S/C25H30N6O.C25H32N4O4.C23H28N4O3.C21H19N5O.C20H21N5O/c1-4-28(5-2)20-10-12-29(13-11-20)21-7-9-24-27-22(14-25(32)31(24)17-21)19-6-8-23-26-18(3)15-30(23)16-19;1-17-13-20(28-9-7-19(8-10-28)27(2)11-12-30)16-29-24(31)15-21(26-25(17)29)18-5-6-22(32-3)23(14-18)33-4;1-5-16-10-18(26-9-8-24-15(2)13-26)14-27-22(28)12-19(25-23(16)27)17-6-7-20(29-3)21(11-17)30-4;1-25-19-4-2-15(10-17(19)12-23-25)18-11-21(27)26-13-16(3-5-20(26)24-18)14-6-8-22-9-7-14;1-24(2)18-5-3-15(12-22-18)17-11-20(26)25-13-16(4-6-19(25)23-17)14-7-9-21-10-8-14/h6-9,14-17,20H,4-5,10-13H2,1-3H3;5-6,13-16,19,30H,7-12H2,1-4H3;6-7,10-12,14-15,24H,5,8-9,13H2,1-4H3;2-6,10-13,22H,7-9H2,1H3;3-7,11-13,21H,8-10H2,1-2H3/t;;15-;;/m..1../s1. The van der Waals surface area contributed by atoms with Gasteiger partial charge in [0.05, 0.1) is 98.0 Å². The molecule has 5 aliphatic rings. The number of anilines is 4. The van der Waals surface area contributed by atoms with E-state index in [0.717, 1.165) is 225 Å².